The Morgan fingerprint density at radius 1 is 2.00 bits per heavy atom. The summed E-state index contributed by atoms with van der Waals surface area (Å²) in [5, 5.41) is 1.85. The zero-order valence-corrected chi connectivity index (χ0v) is 3.20. The molecular formula is C3H5FNO. The summed E-state index contributed by atoms with van der Waals surface area (Å²) in [4.78, 5) is 9.63. The molecule has 1 amide bonds. The molecule has 0 aromatic rings. The second kappa shape index (κ2) is 2.63. The number of hydrogen-bond donors (Lipinski definition) is 1. The summed E-state index contributed by atoms with van der Waals surface area (Å²) in [5.41, 5.74) is 0. The predicted molar refractivity (Wildman–Crippen MR) is 19.5 cm³/mol. The first-order valence-electron chi connectivity index (χ1n) is 1.43. The highest BCUT2D eigenvalue weighted by atomic mass is 19.1. The SMILES string of the molecule is [CH2]NC(=O)CF. The number of carbonyl (C=O) groups is 1. The number of rotatable bonds is 1. The third-order valence-corrected chi connectivity index (χ3v) is 0.319. The minimum absolute atomic E-state index is 0.685. The minimum Gasteiger partial charge on any atom is -0.352 e. The Kier molecular flexibility index (Phi) is 2.36. The van der Waals surface area contributed by atoms with Gasteiger partial charge in [0, 0.05) is 7.05 Å². The zero-order chi connectivity index (χ0) is 4.99. The average Bonchev–Trinajstić information content (AvgIpc) is 1.65. The molecule has 0 saturated carbocycles. The topological polar surface area (TPSA) is 29.1 Å². The van der Waals surface area contributed by atoms with Crippen LogP contribution in [0.15, 0.2) is 0 Å². The molecule has 0 unspecified atom stereocenters. The third-order valence-electron chi connectivity index (χ3n) is 0.319. The molecule has 0 aliphatic rings. The van der Waals surface area contributed by atoms with E-state index >= 15 is 0 Å². The van der Waals surface area contributed by atoms with Gasteiger partial charge in [0.15, 0.2) is 6.67 Å². The Balaban J connectivity index is 2.99. The van der Waals surface area contributed by atoms with Crippen molar-refractivity contribution in [2.45, 2.75) is 0 Å². The van der Waals surface area contributed by atoms with E-state index in [4.69, 9.17) is 0 Å². The highest BCUT2D eigenvalue weighted by Crippen LogP contribution is 1.62. The number of carbonyl (C=O) groups excluding carboxylic acids is 1. The van der Waals surface area contributed by atoms with Crippen molar-refractivity contribution in [1.29, 1.82) is 0 Å². The largest absolute Gasteiger partial charge is 0.352 e. The monoisotopic (exact) mass is 90.0 g/mol. The highest BCUT2D eigenvalue weighted by Gasteiger charge is 1.88. The molecule has 0 spiro atoms. The zero-order valence-electron chi connectivity index (χ0n) is 3.20. The van der Waals surface area contributed by atoms with E-state index in [1.807, 2.05) is 5.32 Å². The van der Waals surface area contributed by atoms with Gasteiger partial charge >= 0.3 is 0 Å². The summed E-state index contributed by atoms with van der Waals surface area (Å²) in [6.07, 6.45) is 0. The first kappa shape index (κ1) is 5.40. The standard InChI is InChI=1S/C3H5FNO/c1-5-3(6)2-4/h1-2H2,(H,5,6). The van der Waals surface area contributed by atoms with E-state index in [1.165, 1.54) is 0 Å². The van der Waals surface area contributed by atoms with Crippen LogP contribution in [0.25, 0.3) is 0 Å². The Labute approximate surface area is 35.3 Å². The van der Waals surface area contributed by atoms with Crippen LogP contribution in [-0.2, 0) is 4.79 Å². The second-order valence-corrected chi connectivity index (χ2v) is 0.734. The average molecular weight is 90.1 g/mol. The summed E-state index contributed by atoms with van der Waals surface area (Å²) in [7, 11) is 2.92. The van der Waals surface area contributed by atoms with E-state index in [2.05, 4.69) is 7.05 Å². The van der Waals surface area contributed by atoms with Crippen molar-refractivity contribution >= 4 is 5.91 Å². The van der Waals surface area contributed by atoms with Crippen LogP contribution in [0.1, 0.15) is 0 Å². The number of alkyl halides is 1. The van der Waals surface area contributed by atoms with Gasteiger partial charge in [0.05, 0.1) is 0 Å². The molecule has 1 radical (unpaired) electrons. The Bertz CT molecular complexity index is 48.8. The summed E-state index contributed by atoms with van der Waals surface area (Å²) in [5.74, 6) is -0.685. The van der Waals surface area contributed by atoms with Crippen LogP contribution in [0.5, 0.6) is 0 Å². The molecule has 2 nitrogen and oxygen atoms in total. The molecule has 0 aliphatic heterocycles. The molecule has 35 valence electrons. The maximum Gasteiger partial charge on any atom is 0.251 e. The fourth-order valence-corrected chi connectivity index (χ4v) is 0.0472. The van der Waals surface area contributed by atoms with Crippen LogP contribution in [-0.4, -0.2) is 12.6 Å². The van der Waals surface area contributed by atoms with Crippen molar-refractivity contribution < 1.29 is 9.18 Å². The van der Waals surface area contributed by atoms with E-state index in [0.717, 1.165) is 0 Å². The van der Waals surface area contributed by atoms with E-state index < -0.39 is 12.6 Å². The fourth-order valence-electron chi connectivity index (χ4n) is 0.0472. The lowest BCUT2D eigenvalue weighted by Gasteiger charge is -1.84. The first-order chi connectivity index (χ1) is 2.81. The van der Waals surface area contributed by atoms with Gasteiger partial charge in [-0.3, -0.25) is 4.79 Å². The van der Waals surface area contributed by atoms with Gasteiger partial charge in [-0.25, -0.2) is 4.39 Å². The molecule has 1 N–H and O–H groups in total. The summed E-state index contributed by atoms with van der Waals surface area (Å²) in [6.45, 7) is -0.983. The van der Waals surface area contributed by atoms with Gasteiger partial charge in [0.2, 0.25) is 0 Å². The van der Waals surface area contributed by atoms with Crippen molar-refractivity contribution in [3.05, 3.63) is 7.05 Å². The lowest BCUT2D eigenvalue weighted by molar-refractivity contribution is -0.121. The van der Waals surface area contributed by atoms with Gasteiger partial charge in [0.1, 0.15) is 0 Å². The molecular weight excluding hydrogens is 85.0 g/mol. The fraction of sp³-hybridized carbons (Fsp3) is 0.333. The summed E-state index contributed by atoms with van der Waals surface area (Å²) < 4.78 is 10.9. The van der Waals surface area contributed by atoms with Crippen LogP contribution in [0, 0.1) is 7.05 Å². The first-order valence-corrected chi connectivity index (χ1v) is 1.43. The minimum atomic E-state index is -0.983. The van der Waals surface area contributed by atoms with Crippen LogP contribution >= 0.6 is 0 Å². The molecule has 3 heteroatoms. The second-order valence-electron chi connectivity index (χ2n) is 0.734. The van der Waals surface area contributed by atoms with Gasteiger partial charge in [0.25, 0.3) is 5.91 Å². The van der Waals surface area contributed by atoms with E-state index in [0.29, 0.717) is 0 Å². The molecule has 0 bridgehead atoms. The maximum absolute atomic E-state index is 10.9. The Morgan fingerprint density at radius 2 is 2.50 bits per heavy atom. The third kappa shape index (κ3) is 1.69. The van der Waals surface area contributed by atoms with Gasteiger partial charge < -0.3 is 5.32 Å². The lowest BCUT2D eigenvalue weighted by Crippen LogP contribution is -2.16. The normalized spacial score (nSPS) is 7.67. The molecule has 0 atom stereocenters. The van der Waals surface area contributed by atoms with Crippen molar-refractivity contribution in [2.75, 3.05) is 6.67 Å². The van der Waals surface area contributed by atoms with Crippen molar-refractivity contribution in [2.24, 2.45) is 0 Å². The molecule has 0 fully saturated rings. The smallest absolute Gasteiger partial charge is 0.251 e. The summed E-state index contributed by atoms with van der Waals surface area (Å²) in [6, 6.07) is 0. The molecule has 0 heterocycles. The van der Waals surface area contributed by atoms with E-state index in [-0.39, 0.29) is 0 Å². The number of halogens is 1. The van der Waals surface area contributed by atoms with E-state index in [9.17, 15) is 9.18 Å². The number of amides is 1. The van der Waals surface area contributed by atoms with Gasteiger partial charge in [-0.05, 0) is 0 Å². The van der Waals surface area contributed by atoms with Gasteiger partial charge in [-0.2, -0.15) is 0 Å². The maximum atomic E-state index is 10.9. The predicted octanol–water partition coefficient (Wildman–Crippen LogP) is -0.136. The van der Waals surface area contributed by atoms with Crippen LogP contribution in [0.4, 0.5) is 4.39 Å². The van der Waals surface area contributed by atoms with Crippen molar-refractivity contribution in [1.82, 2.24) is 5.32 Å². The van der Waals surface area contributed by atoms with Gasteiger partial charge in [-0.15, -0.1) is 0 Å². The van der Waals surface area contributed by atoms with Gasteiger partial charge in [-0.1, -0.05) is 0 Å². The molecule has 0 aliphatic carbocycles. The van der Waals surface area contributed by atoms with Crippen LogP contribution in [0.3, 0.4) is 0 Å². The Hall–Kier alpha value is -0.600. The van der Waals surface area contributed by atoms with E-state index in [1.54, 1.807) is 0 Å². The molecule has 0 aromatic heterocycles. The van der Waals surface area contributed by atoms with Crippen LogP contribution < -0.4 is 5.32 Å². The van der Waals surface area contributed by atoms with Crippen LogP contribution in [0.2, 0.25) is 0 Å². The molecule has 0 rings (SSSR count). The highest BCUT2D eigenvalue weighted by molar-refractivity contribution is 5.77. The summed E-state index contributed by atoms with van der Waals surface area (Å²) >= 11 is 0. The Morgan fingerprint density at radius 3 is 2.50 bits per heavy atom. The molecule has 0 saturated heterocycles. The van der Waals surface area contributed by atoms with Crippen molar-refractivity contribution in [3.63, 3.8) is 0 Å². The lowest BCUT2D eigenvalue weighted by atomic mass is 10.7. The number of nitrogens with one attached hydrogen (secondary N) is 1. The quantitative estimate of drug-likeness (QED) is 0.477. The molecule has 6 heavy (non-hydrogen) atoms. The molecule has 0 aromatic carbocycles. The van der Waals surface area contributed by atoms with Crippen molar-refractivity contribution in [3.8, 4) is 0 Å². The number of hydrogen-bond acceptors (Lipinski definition) is 1.